The molecule has 2 amide bonds. The smallest absolute Gasteiger partial charge is 0.253 e. The van der Waals surface area contributed by atoms with E-state index < -0.39 is 17.8 Å². The number of amides is 2. The van der Waals surface area contributed by atoms with Crippen molar-refractivity contribution in [3.8, 4) is 0 Å². The molecule has 0 radical (unpaired) electrons. The Kier molecular flexibility index (Phi) is 5.91. The predicted molar refractivity (Wildman–Crippen MR) is 95.3 cm³/mol. The molecule has 6 nitrogen and oxygen atoms in total. The Labute approximate surface area is 153 Å². The van der Waals surface area contributed by atoms with Gasteiger partial charge in [0.15, 0.2) is 0 Å². The number of carboxylic acid groups (broad SMARTS) is 1. The van der Waals surface area contributed by atoms with Gasteiger partial charge in [0.1, 0.15) is 0 Å². The third kappa shape index (κ3) is 4.23. The highest BCUT2D eigenvalue weighted by molar-refractivity contribution is 5.97. The largest absolute Gasteiger partial charge is 0.550 e. The van der Waals surface area contributed by atoms with E-state index in [1.165, 1.54) is 6.42 Å². The second kappa shape index (κ2) is 8.34. The summed E-state index contributed by atoms with van der Waals surface area (Å²) in [7, 11) is 0. The summed E-state index contributed by atoms with van der Waals surface area (Å²) in [6, 6.07) is 6.82. The molecule has 3 rings (SSSR count). The highest BCUT2D eigenvalue weighted by Crippen LogP contribution is 2.30. The summed E-state index contributed by atoms with van der Waals surface area (Å²) in [6.45, 7) is 1.59. The molecule has 0 unspecified atom stereocenters. The zero-order chi connectivity index (χ0) is 18.5. The number of carboxylic acids is 1. The van der Waals surface area contributed by atoms with Crippen LogP contribution in [0.5, 0.6) is 0 Å². The third-order valence-electron chi connectivity index (χ3n) is 5.45. The van der Waals surface area contributed by atoms with E-state index in [0.717, 1.165) is 38.8 Å². The van der Waals surface area contributed by atoms with Crippen molar-refractivity contribution in [1.82, 2.24) is 4.90 Å². The van der Waals surface area contributed by atoms with Gasteiger partial charge in [-0.15, -0.1) is 0 Å². The van der Waals surface area contributed by atoms with Crippen molar-refractivity contribution in [3.05, 3.63) is 29.8 Å². The number of aliphatic carboxylic acids is 1. The fraction of sp³-hybridized carbons (Fsp3) is 0.550. The molecule has 6 heteroatoms. The van der Waals surface area contributed by atoms with Crippen LogP contribution in [-0.4, -0.2) is 35.8 Å². The molecule has 0 aromatic heterocycles. The van der Waals surface area contributed by atoms with E-state index in [2.05, 4.69) is 5.32 Å². The van der Waals surface area contributed by atoms with Crippen molar-refractivity contribution >= 4 is 23.5 Å². The highest BCUT2D eigenvalue weighted by atomic mass is 16.4. The van der Waals surface area contributed by atoms with Gasteiger partial charge < -0.3 is 20.1 Å². The lowest BCUT2D eigenvalue weighted by atomic mass is 9.78. The van der Waals surface area contributed by atoms with Crippen LogP contribution in [0.4, 0.5) is 5.69 Å². The second-order valence-corrected chi connectivity index (χ2v) is 7.24. The minimum absolute atomic E-state index is 0.0203. The number of carbonyl (C=O) groups excluding carboxylic acids is 3. The van der Waals surface area contributed by atoms with Crippen LogP contribution in [0.25, 0.3) is 0 Å². The Hall–Kier alpha value is -2.37. The first-order valence-corrected chi connectivity index (χ1v) is 9.47. The fourth-order valence-electron chi connectivity index (χ4n) is 3.94. The first-order chi connectivity index (χ1) is 12.6. The summed E-state index contributed by atoms with van der Waals surface area (Å²) in [6.07, 6.45) is 5.98. The van der Waals surface area contributed by atoms with Gasteiger partial charge >= 0.3 is 0 Å². The van der Waals surface area contributed by atoms with Gasteiger partial charge in [-0.3, -0.25) is 9.59 Å². The maximum absolute atomic E-state index is 12.5. The molecule has 2 fully saturated rings. The van der Waals surface area contributed by atoms with Gasteiger partial charge in [0, 0.05) is 42.1 Å². The summed E-state index contributed by atoms with van der Waals surface area (Å²) in [4.78, 5) is 38.1. The quantitative estimate of drug-likeness (QED) is 0.890. The van der Waals surface area contributed by atoms with E-state index in [4.69, 9.17) is 0 Å². The molecule has 1 aliphatic carbocycles. The summed E-state index contributed by atoms with van der Waals surface area (Å²) in [5.41, 5.74) is 1.18. The molecule has 1 saturated carbocycles. The Morgan fingerprint density at radius 1 is 0.885 bits per heavy atom. The van der Waals surface area contributed by atoms with Crippen LogP contribution in [0.3, 0.4) is 0 Å². The van der Waals surface area contributed by atoms with Gasteiger partial charge in [-0.1, -0.05) is 12.8 Å². The van der Waals surface area contributed by atoms with E-state index >= 15 is 0 Å². The number of piperidine rings is 1. The molecule has 1 saturated heterocycles. The Balaban J connectivity index is 1.62. The van der Waals surface area contributed by atoms with Crippen molar-refractivity contribution in [2.75, 3.05) is 18.4 Å². The van der Waals surface area contributed by atoms with E-state index in [9.17, 15) is 19.5 Å². The number of nitrogens with one attached hydrogen (secondary N) is 1. The molecule has 0 spiro atoms. The van der Waals surface area contributed by atoms with Crippen molar-refractivity contribution < 1.29 is 19.5 Å². The lowest BCUT2D eigenvalue weighted by Crippen LogP contribution is -2.42. The van der Waals surface area contributed by atoms with Gasteiger partial charge in [-0.25, -0.2) is 0 Å². The topological polar surface area (TPSA) is 89.5 Å². The van der Waals surface area contributed by atoms with Crippen LogP contribution >= 0.6 is 0 Å². The highest BCUT2D eigenvalue weighted by Gasteiger charge is 2.31. The molecule has 1 aromatic rings. The minimum Gasteiger partial charge on any atom is -0.550 e. The van der Waals surface area contributed by atoms with Crippen LogP contribution in [-0.2, 0) is 9.59 Å². The molecular weight excluding hydrogens is 332 g/mol. The number of benzene rings is 1. The van der Waals surface area contributed by atoms with E-state index in [-0.39, 0.29) is 11.8 Å². The van der Waals surface area contributed by atoms with Gasteiger partial charge in [0.2, 0.25) is 5.91 Å². The lowest BCUT2D eigenvalue weighted by Gasteiger charge is -2.31. The minimum atomic E-state index is -1.15. The first kappa shape index (κ1) is 18.4. The molecule has 26 heavy (non-hydrogen) atoms. The van der Waals surface area contributed by atoms with Crippen molar-refractivity contribution in [2.45, 2.75) is 44.9 Å². The number of nitrogens with zero attached hydrogens (tertiary/aromatic N) is 1. The number of hydrogen-bond acceptors (Lipinski definition) is 4. The maximum Gasteiger partial charge on any atom is 0.253 e. The molecule has 140 valence electrons. The average Bonchev–Trinajstić information content (AvgIpc) is 2.68. The van der Waals surface area contributed by atoms with Crippen LogP contribution in [0.2, 0.25) is 0 Å². The van der Waals surface area contributed by atoms with Crippen LogP contribution < -0.4 is 10.4 Å². The number of anilines is 1. The molecule has 1 heterocycles. The molecule has 1 aromatic carbocycles. The molecule has 1 aliphatic heterocycles. The van der Waals surface area contributed by atoms with Gasteiger partial charge in [-0.2, -0.15) is 0 Å². The summed E-state index contributed by atoms with van der Waals surface area (Å²) in [5, 5.41) is 14.0. The Bertz CT molecular complexity index is 665. The number of rotatable bonds is 4. The van der Waals surface area contributed by atoms with Crippen LogP contribution in [0.15, 0.2) is 24.3 Å². The van der Waals surface area contributed by atoms with Crippen LogP contribution in [0, 0.1) is 11.8 Å². The van der Waals surface area contributed by atoms with Crippen molar-refractivity contribution in [1.29, 1.82) is 0 Å². The van der Waals surface area contributed by atoms with Gasteiger partial charge in [0.05, 0.1) is 0 Å². The monoisotopic (exact) mass is 357 g/mol. The SMILES string of the molecule is O=C(Nc1ccc(C(=O)N2CCCCC2)cc1)[C@H]1CCCC[C@H]1C(=O)[O-]. The van der Waals surface area contributed by atoms with Crippen LogP contribution in [0.1, 0.15) is 55.3 Å². The molecule has 2 atom stereocenters. The van der Waals surface area contributed by atoms with Gasteiger partial charge in [-0.05, 0) is 56.4 Å². The number of hydrogen-bond donors (Lipinski definition) is 1. The number of likely N-dealkylation sites (tertiary alicyclic amines) is 1. The summed E-state index contributed by atoms with van der Waals surface area (Å²) >= 11 is 0. The van der Waals surface area contributed by atoms with E-state index in [1.54, 1.807) is 24.3 Å². The maximum atomic E-state index is 12.5. The Morgan fingerprint density at radius 3 is 2.12 bits per heavy atom. The first-order valence-electron chi connectivity index (χ1n) is 9.47. The average molecular weight is 357 g/mol. The van der Waals surface area contributed by atoms with Crippen molar-refractivity contribution in [3.63, 3.8) is 0 Å². The molecule has 1 N–H and O–H groups in total. The lowest BCUT2D eigenvalue weighted by molar-refractivity contribution is -0.313. The van der Waals surface area contributed by atoms with E-state index in [1.807, 2.05) is 4.90 Å². The fourth-order valence-corrected chi connectivity index (χ4v) is 3.94. The molecule has 2 aliphatic rings. The molecule has 0 bridgehead atoms. The van der Waals surface area contributed by atoms with Gasteiger partial charge in [0.25, 0.3) is 5.91 Å². The zero-order valence-corrected chi connectivity index (χ0v) is 14.9. The predicted octanol–water partition coefficient (Wildman–Crippen LogP) is 1.81. The third-order valence-corrected chi connectivity index (χ3v) is 5.45. The summed E-state index contributed by atoms with van der Waals surface area (Å²) < 4.78 is 0. The second-order valence-electron chi connectivity index (χ2n) is 7.24. The Morgan fingerprint density at radius 2 is 1.50 bits per heavy atom. The van der Waals surface area contributed by atoms with Crippen molar-refractivity contribution in [2.24, 2.45) is 11.8 Å². The normalized spacial score (nSPS) is 23.3. The zero-order valence-electron chi connectivity index (χ0n) is 14.9. The summed E-state index contributed by atoms with van der Waals surface area (Å²) in [5.74, 6) is -2.68. The standard InChI is InChI=1S/C20H26N2O4/c23-18(16-6-2-3-7-17(16)20(25)26)21-15-10-8-14(9-11-15)19(24)22-12-4-1-5-13-22/h8-11,16-17H,1-7,12-13H2,(H,21,23)(H,25,26)/p-1/t16-,17+/m0/s1. The number of carbonyl (C=O) groups is 3. The van der Waals surface area contributed by atoms with E-state index in [0.29, 0.717) is 24.1 Å². The molecular formula is C20H25N2O4-.